The lowest BCUT2D eigenvalue weighted by Gasteiger charge is -2.14. The van der Waals surface area contributed by atoms with Gasteiger partial charge >= 0.3 is 0 Å². The molecule has 0 radical (unpaired) electrons. The number of hydrogen-bond acceptors (Lipinski definition) is 2. The summed E-state index contributed by atoms with van der Waals surface area (Å²) < 4.78 is 15.4. The molecule has 1 aromatic heterocycles. The molecule has 0 amide bonds. The molecule has 17 heavy (non-hydrogen) atoms. The van der Waals surface area contributed by atoms with E-state index in [4.69, 9.17) is 5.73 Å². The van der Waals surface area contributed by atoms with Gasteiger partial charge in [0.1, 0.15) is 11.6 Å². The highest BCUT2D eigenvalue weighted by Gasteiger charge is 2.27. The quantitative estimate of drug-likeness (QED) is 0.819. The van der Waals surface area contributed by atoms with E-state index >= 15 is 0 Å². The second kappa shape index (κ2) is 3.58. The molecule has 2 aromatic rings. The van der Waals surface area contributed by atoms with E-state index in [9.17, 15) is 4.39 Å². The Kier molecular flexibility index (Phi) is 2.18. The molecular formula is C13H14FN3. The van der Waals surface area contributed by atoms with Crippen LogP contribution in [0.3, 0.4) is 0 Å². The Labute approximate surface area is 99.1 Å². The van der Waals surface area contributed by atoms with Crippen LogP contribution in [-0.2, 0) is 6.42 Å². The van der Waals surface area contributed by atoms with Crippen molar-refractivity contribution in [2.24, 2.45) is 0 Å². The number of aryl methyl sites for hydroxylation is 1. The summed E-state index contributed by atoms with van der Waals surface area (Å²) in [5.74, 6) is 0.555. The van der Waals surface area contributed by atoms with Crippen molar-refractivity contribution >= 4 is 5.82 Å². The molecule has 1 aromatic carbocycles. The Bertz CT molecular complexity index is 574. The van der Waals surface area contributed by atoms with E-state index in [1.807, 2.05) is 13.0 Å². The third-order valence-electron chi connectivity index (χ3n) is 3.50. The number of benzene rings is 1. The first-order chi connectivity index (χ1) is 8.18. The molecule has 0 spiro atoms. The van der Waals surface area contributed by atoms with E-state index in [2.05, 4.69) is 5.10 Å². The van der Waals surface area contributed by atoms with Crippen molar-refractivity contribution in [2.75, 3.05) is 5.73 Å². The van der Waals surface area contributed by atoms with Crippen molar-refractivity contribution in [3.8, 4) is 0 Å². The Hall–Kier alpha value is -1.84. The normalized spacial score (nSPS) is 18.4. The van der Waals surface area contributed by atoms with Crippen LogP contribution in [0, 0.1) is 12.7 Å². The summed E-state index contributed by atoms with van der Waals surface area (Å²) in [4.78, 5) is 0. The van der Waals surface area contributed by atoms with Crippen molar-refractivity contribution in [1.29, 1.82) is 0 Å². The largest absolute Gasteiger partial charge is 0.384 e. The maximum atomic E-state index is 13.6. The molecule has 1 atom stereocenters. The van der Waals surface area contributed by atoms with E-state index in [-0.39, 0.29) is 11.9 Å². The van der Waals surface area contributed by atoms with E-state index in [1.54, 1.807) is 16.9 Å². The molecular weight excluding hydrogens is 217 g/mol. The molecule has 3 rings (SSSR count). The van der Waals surface area contributed by atoms with Crippen molar-refractivity contribution in [1.82, 2.24) is 9.78 Å². The summed E-state index contributed by atoms with van der Waals surface area (Å²) in [7, 11) is 0. The lowest BCUT2D eigenvalue weighted by Crippen LogP contribution is -2.12. The second-order valence-electron chi connectivity index (χ2n) is 4.52. The Morgan fingerprint density at radius 3 is 3.00 bits per heavy atom. The van der Waals surface area contributed by atoms with E-state index in [0.717, 1.165) is 29.5 Å². The molecule has 1 aliphatic carbocycles. The number of nitrogens with zero attached hydrogens (tertiary/aromatic N) is 2. The van der Waals surface area contributed by atoms with Crippen LogP contribution in [0.25, 0.3) is 0 Å². The van der Waals surface area contributed by atoms with Crippen LogP contribution in [0.2, 0.25) is 0 Å². The highest BCUT2D eigenvalue weighted by molar-refractivity contribution is 5.42. The maximum Gasteiger partial charge on any atom is 0.126 e. The smallest absolute Gasteiger partial charge is 0.126 e. The predicted molar refractivity (Wildman–Crippen MR) is 64.2 cm³/mol. The predicted octanol–water partition coefficient (Wildman–Crippen LogP) is 2.45. The third kappa shape index (κ3) is 1.44. The molecule has 88 valence electrons. The van der Waals surface area contributed by atoms with Gasteiger partial charge in [0.25, 0.3) is 0 Å². The molecule has 0 saturated heterocycles. The van der Waals surface area contributed by atoms with Crippen molar-refractivity contribution < 1.29 is 4.39 Å². The van der Waals surface area contributed by atoms with Crippen molar-refractivity contribution in [2.45, 2.75) is 25.8 Å². The van der Waals surface area contributed by atoms with Gasteiger partial charge in [-0.15, -0.1) is 0 Å². The van der Waals surface area contributed by atoms with Crippen LogP contribution in [-0.4, -0.2) is 9.78 Å². The zero-order valence-electron chi connectivity index (χ0n) is 9.65. The molecule has 0 bridgehead atoms. The number of nitrogens with two attached hydrogens (primary N) is 1. The Morgan fingerprint density at radius 2 is 2.29 bits per heavy atom. The van der Waals surface area contributed by atoms with Gasteiger partial charge in [0.2, 0.25) is 0 Å². The first-order valence-electron chi connectivity index (χ1n) is 5.75. The fourth-order valence-electron chi connectivity index (χ4n) is 2.55. The van der Waals surface area contributed by atoms with Gasteiger partial charge in [0.05, 0.1) is 12.2 Å². The molecule has 1 aliphatic rings. The second-order valence-corrected chi connectivity index (χ2v) is 4.52. The summed E-state index contributed by atoms with van der Waals surface area (Å²) in [5.41, 5.74) is 8.78. The van der Waals surface area contributed by atoms with Crippen LogP contribution < -0.4 is 5.73 Å². The van der Waals surface area contributed by atoms with Crippen LogP contribution in [0.1, 0.15) is 29.2 Å². The molecule has 3 nitrogen and oxygen atoms in total. The molecule has 0 saturated carbocycles. The van der Waals surface area contributed by atoms with Crippen LogP contribution in [0.5, 0.6) is 0 Å². The average molecular weight is 231 g/mol. The van der Waals surface area contributed by atoms with E-state index < -0.39 is 0 Å². The monoisotopic (exact) mass is 231 g/mol. The lowest BCUT2D eigenvalue weighted by atomic mass is 10.1. The first-order valence-corrected chi connectivity index (χ1v) is 5.75. The minimum atomic E-state index is -0.118. The summed E-state index contributed by atoms with van der Waals surface area (Å²) in [6.07, 6.45) is 3.37. The first kappa shape index (κ1) is 10.3. The number of nitrogen functional groups attached to an aromatic ring is 1. The van der Waals surface area contributed by atoms with Gasteiger partial charge < -0.3 is 5.73 Å². The van der Waals surface area contributed by atoms with Gasteiger partial charge in [-0.05, 0) is 37.0 Å². The number of hydrogen-bond donors (Lipinski definition) is 1. The molecule has 1 heterocycles. The zero-order valence-corrected chi connectivity index (χ0v) is 9.65. The molecule has 0 aliphatic heterocycles. The maximum absolute atomic E-state index is 13.6. The van der Waals surface area contributed by atoms with Crippen LogP contribution in [0.15, 0.2) is 24.4 Å². The molecule has 4 heteroatoms. The minimum absolute atomic E-state index is 0.0781. The Balaban J connectivity index is 2.10. The van der Waals surface area contributed by atoms with Gasteiger partial charge in [-0.1, -0.05) is 12.1 Å². The van der Waals surface area contributed by atoms with Gasteiger partial charge in [-0.25, -0.2) is 9.07 Å². The summed E-state index contributed by atoms with van der Waals surface area (Å²) in [6.45, 7) is 1.93. The molecule has 1 unspecified atom stereocenters. The van der Waals surface area contributed by atoms with Gasteiger partial charge in [-0.2, -0.15) is 5.10 Å². The SMILES string of the molecule is Cc1cnn(C2CCc3c(F)cccc32)c1N. The number of halogens is 1. The van der Waals surface area contributed by atoms with Crippen molar-refractivity contribution in [3.63, 3.8) is 0 Å². The van der Waals surface area contributed by atoms with Gasteiger partial charge in [-0.3, -0.25) is 0 Å². The van der Waals surface area contributed by atoms with Gasteiger partial charge in [0, 0.05) is 5.56 Å². The summed E-state index contributed by atoms with van der Waals surface area (Å²) in [5, 5.41) is 4.30. The van der Waals surface area contributed by atoms with E-state index in [0.29, 0.717) is 5.82 Å². The zero-order chi connectivity index (χ0) is 12.0. The highest BCUT2D eigenvalue weighted by atomic mass is 19.1. The third-order valence-corrected chi connectivity index (χ3v) is 3.50. The van der Waals surface area contributed by atoms with Crippen LogP contribution in [0.4, 0.5) is 10.2 Å². The highest BCUT2D eigenvalue weighted by Crippen LogP contribution is 2.36. The number of anilines is 1. The summed E-state index contributed by atoms with van der Waals surface area (Å²) in [6, 6.07) is 5.30. The van der Waals surface area contributed by atoms with Gasteiger partial charge in [0.15, 0.2) is 0 Å². The Morgan fingerprint density at radius 1 is 1.47 bits per heavy atom. The van der Waals surface area contributed by atoms with E-state index in [1.165, 1.54) is 6.07 Å². The summed E-state index contributed by atoms with van der Waals surface area (Å²) >= 11 is 0. The standard InChI is InChI=1S/C13H14FN3/c1-8-7-16-17(13(8)15)12-6-5-9-10(12)3-2-4-11(9)14/h2-4,7,12H,5-6,15H2,1H3. The number of aromatic nitrogens is 2. The fourth-order valence-corrected chi connectivity index (χ4v) is 2.55. The van der Waals surface area contributed by atoms with Crippen LogP contribution >= 0.6 is 0 Å². The lowest BCUT2D eigenvalue weighted by molar-refractivity contribution is 0.527. The van der Waals surface area contributed by atoms with Crippen molar-refractivity contribution in [3.05, 3.63) is 46.9 Å². The average Bonchev–Trinajstić information content (AvgIpc) is 2.86. The minimum Gasteiger partial charge on any atom is -0.384 e. The molecule has 0 fully saturated rings. The fraction of sp³-hybridized carbons (Fsp3) is 0.308. The number of rotatable bonds is 1. The topological polar surface area (TPSA) is 43.8 Å². The molecule has 2 N–H and O–H groups in total. The number of fused-ring (bicyclic) bond motifs is 1.